The Morgan fingerprint density at radius 2 is 1.76 bits per heavy atom. The van der Waals surface area contributed by atoms with Crippen LogP contribution >= 0.6 is 11.6 Å². The molecule has 15 heteroatoms. The second-order valence-electron chi connectivity index (χ2n) is 9.63. The lowest BCUT2D eigenvalue weighted by Gasteiger charge is -2.26. The highest BCUT2D eigenvalue weighted by atomic mass is 35.5. The number of halogens is 6. The Balaban J connectivity index is 1.60. The number of nitrogens with zero attached hydrogens (tertiary/aromatic N) is 1. The quantitative estimate of drug-likeness (QED) is 0.378. The van der Waals surface area contributed by atoms with Crippen molar-refractivity contribution in [3.8, 4) is 0 Å². The minimum atomic E-state index is -4.94. The second kappa shape index (κ2) is 11.2. The maximum atomic E-state index is 14.2. The monoisotopic (exact) mass is 629 g/mol. The highest BCUT2D eigenvalue weighted by Crippen LogP contribution is 2.41. The summed E-state index contributed by atoms with van der Waals surface area (Å²) in [6, 6.07) is 6.13. The average molecular weight is 630 g/mol. The number of carbonyl (C=O) groups is 2. The lowest BCUT2D eigenvalue weighted by molar-refractivity contribution is -0.137. The van der Waals surface area contributed by atoms with E-state index >= 15 is 0 Å². The lowest BCUT2D eigenvalue weighted by atomic mass is 9.94. The van der Waals surface area contributed by atoms with Gasteiger partial charge in [-0.05, 0) is 54.1 Å². The molecule has 0 bridgehead atoms. The number of sulfonamides is 1. The summed E-state index contributed by atoms with van der Waals surface area (Å²) in [7, 11) is -3.91. The molecule has 3 aromatic carbocycles. The average Bonchev–Trinajstić information content (AvgIpc) is 3.25. The van der Waals surface area contributed by atoms with Crippen molar-refractivity contribution in [2.24, 2.45) is 0 Å². The fourth-order valence-electron chi connectivity index (χ4n) is 4.85. The van der Waals surface area contributed by atoms with Crippen molar-refractivity contribution in [1.29, 1.82) is 0 Å². The SMILES string of the molecule is O=C(Nc1cc(CS(=O)(=O)N2CCOCC2)cc2c1[C@@H](c1cc(F)ccc1Cl)NC2=O)c1cc(F)cc(C(F)(F)F)c1. The van der Waals surface area contributed by atoms with Gasteiger partial charge in [-0.3, -0.25) is 9.59 Å². The molecule has 2 aliphatic heterocycles. The summed E-state index contributed by atoms with van der Waals surface area (Å²) in [6.07, 6.45) is -4.94. The summed E-state index contributed by atoms with van der Waals surface area (Å²) >= 11 is 6.28. The van der Waals surface area contributed by atoms with Gasteiger partial charge in [-0.15, -0.1) is 0 Å². The maximum absolute atomic E-state index is 14.2. The minimum absolute atomic E-state index is 0.0609. The van der Waals surface area contributed by atoms with Gasteiger partial charge in [0.2, 0.25) is 10.0 Å². The number of morpholine rings is 1. The van der Waals surface area contributed by atoms with Crippen LogP contribution in [0.1, 0.15) is 49.0 Å². The van der Waals surface area contributed by atoms with Gasteiger partial charge < -0.3 is 15.4 Å². The number of benzene rings is 3. The minimum Gasteiger partial charge on any atom is -0.379 e. The third-order valence-electron chi connectivity index (χ3n) is 6.77. The van der Waals surface area contributed by atoms with Crippen molar-refractivity contribution in [3.63, 3.8) is 0 Å². The molecule has 2 amide bonds. The van der Waals surface area contributed by atoms with Gasteiger partial charge in [0.05, 0.1) is 30.6 Å². The topological polar surface area (TPSA) is 105 Å². The van der Waals surface area contributed by atoms with Crippen molar-refractivity contribution in [2.45, 2.75) is 18.0 Å². The number of rotatable bonds is 6. The predicted octanol–water partition coefficient (Wildman–Crippen LogP) is 4.88. The Morgan fingerprint density at radius 3 is 2.45 bits per heavy atom. The van der Waals surface area contributed by atoms with Crippen LogP contribution in [0.4, 0.5) is 27.6 Å². The number of hydrogen-bond donors (Lipinski definition) is 2. The molecule has 42 heavy (non-hydrogen) atoms. The normalized spacial score (nSPS) is 17.6. The number of nitrogens with one attached hydrogen (secondary N) is 2. The first-order valence-electron chi connectivity index (χ1n) is 12.4. The first-order chi connectivity index (χ1) is 19.7. The summed E-state index contributed by atoms with van der Waals surface area (Å²) < 4.78 is 101. The molecule has 5 rings (SSSR count). The number of alkyl halides is 3. The fraction of sp³-hybridized carbons (Fsp3) is 0.259. The predicted molar refractivity (Wildman–Crippen MR) is 142 cm³/mol. The molecule has 2 N–H and O–H groups in total. The summed E-state index contributed by atoms with van der Waals surface area (Å²) in [5.74, 6) is -4.44. The van der Waals surface area contributed by atoms with Gasteiger partial charge in [-0.1, -0.05) is 11.6 Å². The molecule has 1 atom stereocenters. The fourth-order valence-corrected chi connectivity index (χ4v) is 6.56. The van der Waals surface area contributed by atoms with Crippen LogP contribution in [0.25, 0.3) is 0 Å². The zero-order valence-electron chi connectivity index (χ0n) is 21.4. The van der Waals surface area contributed by atoms with Crippen LogP contribution in [0.15, 0.2) is 48.5 Å². The summed E-state index contributed by atoms with van der Waals surface area (Å²) in [4.78, 5) is 26.2. The molecule has 1 fully saturated rings. The van der Waals surface area contributed by atoms with E-state index in [0.29, 0.717) is 12.1 Å². The van der Waals surface area contributed by atoms with Gasteiger partial charge in [0, 0.05) is 46.1 Å². The van der Waals surface area contributed by atoms with Crippen molar-refractivity contribution in [1.82, 2.24) is 9.62 Å². The summed E-state index contributed by atoms with van der Waals surface area (Å²) in [6.45, 7) is 0.602. The van der Waals surface area contributed by atoms with Crippen LogP contribution in [-0.2, 0) is 26.7 Å². The number of fused-ring (bicyclic) bond motifs is 1. The van der Waals surface area contributed by atoms with E-state index in [9.17, 15) is 40.0 Å². The van der Waals surface area contributed by atoms with Gasteiger partial charge >= 0.3 is 6.18 Å². The van der Waals surface area contributed by atoms with E-state index in [1.165, 1.54) is 22.5 Å². The van der Waals surface area contributed by atoms with Crippen LogP contribution < -0.4 is 10.6 Å². The molecule has 1 saturated heterocycles. The number of carbonyl (C=O) groups excluding carboxylic acids is 2. The zero-order chi connectivity index (χ0) is 30.4. The molecule has 0 spiro atoms. The molecule has 0 aliphatic carbocycles. The van der Waals surface area contributed by atoms with Crippen LogP contribution in [0.3, 0.4) is 0 Å². The van der Waals surface area contributed by atoms with E-state index < -0.39 is 62.6 Å². The third kappa shape index (κ3) is 6.11. The van der Waals surface area contributed by atoms with Gasteiger partial charge in [0.1, 0.15) is 11.6 Å². The van der Waals surface area contributed by atoms with E-state index in [4.69, 9.17) is 16.3 Å². The Bertz CT molecular complexity index is 1690. The molecule has 8 nitrogen and oxygen atoms in total. The van der Waals surface area contributed by atoms with Crippen LogP contribution in [0.2, 0.25) is 5.02 Å². The number of amides is 2. The molecule has 0 unspecified atom stereocenters. The Hall–Kier alpha value is -3.59. The first kappa shape index (κ1) is 29.9. The van der Waals surface area contributed by atoms with Gasteiger partial charge in [-0.25, -0.2) is 17.2 Å². The first-order valence-corrected chi connectivity index (χ1v) is 14.4. The number of ether oxygens (including phenoxy) is 1. The molecule has 222 valence electrons. The Kier molecular flexibility index (Phi) is 8.00. The Labute approximate surface area is 241 Å². The highest BCUT2D eigenvalue weighted by molar-refractivity contribution is 7.88. The van der Waals surface area contributed by atoms with Crippen LogP contribution in [-0.4, -0.2) is 50.8 Å². The summed E-state index contributed by atoms with van der Waals surface area (Å²) in [5, 5.41) is 5.08. The highest BCUT2D eigenvalue weighted by Gasteiger charge is 2.36. The Morgan fingerprint density at radius 1 is 1.05 bits per heavy atom. The molecular weight excluding hydrogens is 609 g/mol. The van der Waals surface area contributed by atoms with Gasteiger partial charge in [-0.2, -0.15) is 17.5 Å². The van der Waals surface area contributed by atoms with E-state index in [1.807, 2.05) is 0 Å². The van der Waals surface area contributed by atoms with Gasteiger partial charge in [0.25, 0.3) is 11.8 Å². The molecular formula is C27H21ClF5N3O5S. The molecule has 0 aromatic heterocycles. The van der Waals surface area contributed by atoms with Crippen molar-refractivity contribution < 1.29 is 44.7 Å². The largest absolute Gasteiger partial charge is 0.416 e. The molecule has 0 radical (unpaired) electrons. The van der Waals surface area contributed by atoms with Crippen molar-refractivity contribution in [2.75, 3.05) is 31.6 Å². The van der Waals surface area contributed by atoms with Gasteiger partial charge in [0.15, 0.2) is 0 Å². The second-order valence-corrected chi connectivity index (χ2v) is 12.0. The smallest absolute Gasteiger partial charge is 0.379 e. The standard InChI is InChI=1S/C27H21ClF5N3O5S/c28-21-2-1-17(29)12-19(21)24-23-20(26(38)35-24)7-14(13-42(39,40)36-3-5-41-6-4-36)8-22(23)34-25(37)15-9-16(27(31,32)33)11-18(30)10-15/h1-2,7-12,24H,3-6,13H2,(H,34,37)(H,35,38)/t24-/m1/s1. The van der Waals surface area contributed by atoms with E-state index in [0.717, 1.165) is 12.1 Å². The zero-order valence-corrected chi connectivity index (χ0v) is 23.0. The van der Waals surface area contributed by atoms with E-state index in [-0.39, 0.29) is 65.3 Å². The third-order valence-corrected chi connectivity index (χ3v) is 8.96. The molecule has 0 saturated carbocycles. The van der Waals surface area contributed by atoms with Crippen molar-refractivity contribution >= 4 is 39.1 Å². The van der Waals surface area contributed by atoms with E-state index in [1.54, 1.807) is 0 Å². The molecule has 2 heterocycles. The van der Waals surface area contributed by atoms with Crippen LogP contribution in [0.5, 0.6) is 0 Å². The van der Waals surface area contributed by atoms with Crippen LogP contribution in [0, 0.1) is 11.6 Å². The van der Waals surface area contributed by atoms with Crippen molar-refractivity contribution in [3.05, 3.63) is 98.6 Å². The van der Waals surface area contributed by atoms with E-state index in [2.05, 4.69) is 10.6 Å². The number of hydrogen-bond acceptors (Lipinski definition) is 5. The molecule has 2 aliphatic rings. The summed E-state index contributed by atoms with van der Waals surface area (Å²) in [5.41, 5.74) is -2.05. The maximum Gasteiger partial charge on any atom is 0.416 e. The lowest BCUT2D eigenvalue weighted by Crippen LogP contribution is -2.41. The molecule has 3 aromatic rings. The number of anilines is 1.